The third-order valence-corrected chi connectivity index (χ3v) is 2.73. The van der Waals surface area contributed by atoms with Crippen LogP contribution in [-0.2, 0) is 4.79 Å². The van der Waals surface area contributed by atoms with Gasteiger partial charge in [0.1, 0.15) is 11.5 Å². The highest BCUT2D eigenvalue weighted by molar-refractivity contribution is 5.85. The lowest BCUT2D eigenvalue weighted by Gasteiger charge is -2.27. The van der Waals surface area contributed by atoms with Crippen LogP contribution in [0.5, 0.6) is 0 Å². The van der Waals surface area contributed by atoms with E-state index in [1.165, 1.54) is 0 Å². The highest BCUT2D eigenvalue weighted by atomic mass is 19.1. The largest absolute Gasteiger partial charge is 0.359 e. The van der Waals surface area contributed by atoms with Gasteiger partial charge in [0.15, 0.2) is 5.78 Å². The van der Waals surface area contributed by atoms with Crippen LogP contribution in [0.25, 0.3) is 0 Å². The van der Waals surface area contributed by atoms with Gasteiger partial charge in [0, 0.05) is 25.1 Å². The van der Waals surface area contributed by atoms with Gasteiger partial charge < -0.3 is 4.90 Å². The average Bonchev–Trinajstić information content (AvgIpc) is 2.28. The molecule has 0 atom stereocenters. The number of carbonyl (C=O) groups excluding carboxylic acids is 1. The number of rotatable bonds is 2. The molecule has 1 fully saturated rings. The third-order valence-electron chi connectivity index (χ3n) is 2.73. The Morgan fingerprint density at radius 1 is 1.41 bits per heavy atom. The fourth-order valence-electron chi connectivity index (χ4n) is 1.95. The molecule has 0 unspecified atom stereocenters. The van der Waals surface area contributed by atoms with E-state index in [4.69, 9.17) is 0 Å². The predicted octanol–water partition coefficient (Wildman–Crippen LogP) is 1.90. The first-order valence-electron chi connectivity index (χ1n) is 5.28. The normalized spacial score (nSPS) is 16.1. The molecule has 0 radical (unpaired) electrons. The summed E-state index contributed by atoms with van der Waals surface area (Å²) >= 11 is 0. The molecule has 0 spiro atoms. The Kier molecular flexibility index (Phi) is 3.03. The Morgan fingerprint density at radius 3 is 2.82 bits per heavy atom. The van der Waals surface area contributed by atoms with E-state index in [2.05, 4.69) is 0 Å². The van der Waals surface area contributed by atoms with Crippen LogP contribution in [0.3, 0.4) is 0 Å². The zero-order valence-electron chi connectivity index (χ0n) is 9.06. The molecule has 6 heteroatoms. The van der Waals surface area contributed by atoms with Gasteiger partial charge in [0.05, 0.1) is 11.5 Å². The minimum atomic E-state index is -0.562. The molecule has 90 valence electrons. The summed E-state index contributed by atoms with van der Waals surface area (Å²) in [4.78, 5) is 23.1. The van der Waals surface area contributed by atoms with Crippen molar-refractivity contribution in [1.29, 1.82) is 0 Å². The van der Waals surface area contributed by atoms with E-state index in [9.17, 15) is 19.3 Å². The molecular weight excluding hydrogens is 227 g/mol. The zero-order chi connectivity index (χ0) is 12.4. The molecule has 0 saturated carbocycles. The molecule has 5 nitrogen and oxygen atoms in total. The smallest absolute Gasteiger partial charge is 0.292 e. The van der Waals surface area contributed by atoms with Gasteiger partial charge in [0.2, 0.25) is 0 Å². The van der Waals surface area contributed by atoms with E-state index in [-0.39, 0.29) is 23.7 Å². The summed E-state index contributed by atoms with van der Waals surface area (Å²) in [7, 11) is 0. The Hall–Kier alpha value is -1.98. The van der Waals surface area contributed by atoms with Crippen molar-refractivity contribution in [2.75, 3.05) is 18.0 Å². The predicted molar refractivity (Wildman–Crippen MR) is 59.5 cm³/mol. The number of carbonyl (C=O) groups is 1. The Bertz CT molecular complexity index is 476. The SMILES string of the molecule is O=C1CCCN(c2cc(F)ccc2[N+](=O)[O-])C1. The first-order chi connectivity index (χ1) is 8.08. The zero-order valence-corrected chi connectivity index (χ0v) is 9.06. The third kappa shape index (κ3) is 2.41. The van der Waals surface area contributed by atoms with Crippen molar-refractivity contribution in [2.45, 2.75) is 12.8 Å². The topological polar surface area (TPSA) is 63.5 Å². The molecule has 1 aliphatic heterocycles. The van der Waals surface area contributed by atoms with E-state index < -0.39 is 10.7 Å². The summed E-state index contributed by atoms with van der Waals surface area (Å²) < 4.78 is 13.1. The number of halogens is 1. The molecular formula is C11H11FN2O3. The molecule has 0 aromatic heterocycles. The molecule has 1 aromatic carbocycles. The van der Waals surface area contributed by atoms with E-state index in [0.29, 0.717) is 19.4 Å². The molecule has 1 heterocycles. The van der Waals surface area contributed by atoms with E-state index in [0.717, 1.165) is 18.2 Å². The highest BCUT2D eigenvalue weighted by Gasteiger charge is 2.24. The van der Waals surface area contributed by atoms with Gasteiger partial charge >= 0.3 is 0 Å². The summed E-state index contributed by atoms with van der Waals surface area (Å²) in [6.45, 7) is 0.653. The highest BCUT2D eigenvalue weighted by Crippen LogP contribution is 2.30. The lowest BCUT2D eigenvalue weighted by Crippen LogP contribution is -2.35. The first-order valence-corrected chi connectivity index (χ1v) is 5.28. The molecule has 0 amide bonds. The number of Topliss-reactive ketones (excluding diaryl/α,β-unsaturated/α-hetero) is 1. The summed E-state index contributed by atoms with van der Waals surface area (Å²) in [5.41, 5.74) is 0.0177. The molecule has 2 rings (SSSR count). The van der Waals surface area contributed by atoms with Crippen LogP contribution in [-0.4, -0.2) is 23.8 Å². The number of hydrogen-bond acceptors (Lipinski definition) is 4. The van der Waals surface area contributed by atoms with Crippen molar-refractivity contribution < 1.29 is 14.1 Å². The minimum Gasteiger partial charge on any atom is -0.359 e. The van der Waals surface area contributed by atoms with Crippen molar-refractivity contribution in [1.82, 2.24) is 0 Å². The molecule has 17 heavy (non-hydrogen) atoms. The van der Waals surface area contributed by atoms with Gasteiger partial charge in [-0.3, -0.25) is 14.9 Å². The number of benzene rings is 1. The fraction of sp³-hybridized carbons (Fsp3) is 0.364. The lowest BCUT2D eigenvalue weighted by molar-refractivity contribution is -0.384. The van der Waals surface area contributed by atoms with Gasteiger partial charge in [-0.1, -0.05) is 0 Å². The molecule has 1 aromatic rings. The molecule has 0 bridgehead atoms. The number of nitro benzene ring substituents is 1. The van der Waals surface area contributed by atoms with Crippen LogP contribution in [0, 0.1) is 15.9 Å². The molecule has 1 saturated heterocycles. The van der Waals surface area contributed by atoms with Crippen molar-refractivity contribution in [3.8, 4) is 0 Å². The number of nitro groups is 1. The monoisotopic (exact) mass is 238 g/mol. The Balaban J connectivity index is 2.38. The van der Waals surface area contributed by atoms with Crippen LogP contribution in [0.4, 0.5) is 15.8 Å². The molecule has 0 aliphatic carbocycles. The number of anilines is 1. The average molecular weight is 238 g/mol. The summed E-state index contributed by atoms with van der Waals surface area (Å²) in [5.74, 6) is -0.515. The van der Waals surface area contributed by atoms with Crippen LogP contribution in [0.1, 0.15) is 12.8 Å². The first kappa shape index (κ1) is 11.5. The van der Waals surface area contributed by atoms with Gasteiger partial charge in [-0.05, 0) is 12.5 Å². The summed E-state index contributed by atoms with van der Waals surface area (Å²) in [6.07, 6.45) is 1.13. The summed E-state index contributed by atoms with van der Waals surface area (Å²) in [6, 6.07) is 3.29. The van der Waals surface area contributed by atoms with Gasteiger partial charge in [-0.25, -0.2) is 4.39 Å². The molecule has 0 N–H and O–H groups in total. The number of hydrogen-bond donors (Lipinski definition) is 0. The minimum absolute atomic E-state index is 0.0230. The van der Waals surface area contributed by atoms with Crippen LogP contribution < -0.4 is 4.90 Å². The van der Waals surface area contributed by atoms with E-state index in [1.54, 1.807) is 4.90 Å². The maximum atomic E-state index is 13.1. The maximum Gasteiger partial charge on any atom is 0.292 e. The number of piperidine rings is 1. The van der Waals surface area contributed by atoms with Crippen LogP contribution in [0.2, 0.25) is 0 Å². The van der Waals surface area contributed by atoms with Gasteiger partial charge in [-0.2, -0.15) is 0 Å². The maximum absolute atomic E-state index is 13.1. The standard InChI is InChI=1S/C11H11FN2O3/c12-8-3-4-10(14(16)17)11(6-8)13-5-1-2-9(15)7-13/h3-4,6H,1-2,5,7H2. The van der Waals surface area contributed by atoms with Crippen LogP contribution in [0.15, 0.2) is 18.2 Å². The van der Waals surface area contributed by atoms with Crippen molar-refractivity contribution >= 4 is 17.2 Å². The fourth-order valence-corrected chi connectivity index (χ4v) is 1.95. The van der Waals surface area contributed by atoms with Gasteiger partial charge in [0.25, 0.3) is 5.69 Å². The second kappa shape index (κ2) is 4.48. The van der Waals surface area contributed by atoms with Crippen molar-refractivity contribution in [2.24, 2.45) is 0 Å². The van der Waals surface area contributed by atoms with Crippen molar-refractivity contribution in [3.05, 3.63) is 34.1 Å². The number of nitrogens with zero attached hydrogens (tertiary/aromatic N) is 2. The quantitative estimate of drug-likeness (QED) is 0.583. The lowest BCUT2D eigenvalue weighted by atomic mass is 10.1. The second-order valence-electron chi connectivity index (χ2n) is 3.95. The summed E-state index contributed by atoms with van der Waals surface area (Å²) in [5, 5.41) is 10.8. The molecule has 1 aliphatic rings. The van der Waals surface area contributed by atoms with E-state index >= 15 is 0 Å². The van der Waals surface area contributed by atoms with Crippen molar-refractivity contribution in [3.63, 3.8) is 0 Å². The van der Waals surface area contributed by atoms with Crippen LogP contribution >= 0.6 is 0 Å². The Labute approximate surface area is 97.0 Å². The van der Waals surface area contributed by atoms with E-state index in [1.807, 2.05) is 0 Å². The number of ketones is 1. The van der Waals surface area contributed by atoms with Gasteiger partial charge in [-0.15, -0.1) is 0 Å². The second-order valence-corrected chi connectivity index (χ2v) is 3.95. The Morgan fingerprint density at radius 2 is 2.18 bits per heavy atom.